The lowest BCUT2D eigenvalue weighted by atomic mass is 10.3. The summed E-state index contributed by atoms with van der Waals surface area (Å²) in [5.41, 5.74) is 1.81. The molecule has 10 heteroatoms. The van der Waals surface area contributed by atoms with Crippen molar-refractivity contribution < 1.29 is 4.52 Å². The number of halogens is 1. The van der Waals surface area contributed by atoms with E-state index in [0.29, 0.717) is 26.5 Å². The van der Waals surface area contributed by atoms with Gasteiger partial charge in [-0.15, -0.1) is 10.2 Å². The number of hydrogen-bond donors (Lipinski definition) is 0. The highest BCUT2D eigenvalue weighted by Crippen LogP contribution is 2.29. The van der Waals surface area contributed by atoms with E-state index in [4.69, 9.17) is 16.1 Å². The third-order valence-corrected chi connectivity index (χ3v) is 4.65. The van der Waals surface area contributed by atoms with Gasteiger partial charge in [0.05, 0.1) is 10.7 Å². The van der Waals surface area contributed by atoms with Crippen LogP contribution in [0.15, 0.2) is 46.0 Å². The van der Waals surface area contributed by atoms with Crippen LogP contribution in [0.4, 0.5) is 0 Å². The van der Waals surface area contributed by atoms with E-state index in [1.807, 2.05) is 6.92 Å². The molecule has 8 nitrogen and oxygen atoms in total. The van der Waals surface area contributed by atoms with Gasteiger partial charge in [-0.25, -0.2) is 4.68 Å². The van der Waals surface area contributed by atoms with Crippen LogP contribution >= 0.6 is 22.9 Å². The standard InChI is InChI=1S/C16H11ClN6O2S/c1-9-4-12(25-22-9)8-23-14(24)3-2-13(21-23)16-20-19-15(26-16)10-5-11(17)7-18-6-10/h2-7H,8H2,1H3. The van der Waals surface area contributed by atoms with E-state index in [9.17, 15) is 4.79 Å². The van der Waals surface area contributed by atoms with Crippen LogP contribution in [0.5, 0.6) is 0 Å². The van der Waals surface area contributed by atoms with Crippen LogP contribution in [0, 0.1) is 6.92 Å². The molecule has 0 atom stereocenters. The maximum absolute atomic E-state index is 12.1. The highest BCUT2D eigenvalue weighted by atomic mass is 35.5. The van der Waals surface area contributed by atoms with Crippen molar-refractivity contribution in [1.82, 2.24) is 30.1 Å². The summed E-state index contributed by atoms with van der Waals surface area (Å²) in [4.78, 5) is 16.1. The summed E-state index contributed by atoms with van der Waals surface area (Å²) in [7, 11) is 0. The fourth-order valence-electron chi connectivity index (χ4n) is 2.29. The molecule has 0 saturated heterocycles. The normalized spacial score (nSPS) is 11.0. The van der Waals surface area contributed by atoms with E-state index < -0.39 is 0 Å². The quantitative estimate of drug-likeness (QED) is 0.531. The molecule has 0 saturated carbocycles. The van der Waals surface area contributed by atoms with Gasteiger partial charge in [0.2, 0.25) is 0 Å². The van der Waals surface area contributed by atoms with Crippen LogP contribution in [0.25, 0.3) is 21.3 Å². The van der Waals surface area contributed by atoms with Crippen molar-refractivity contribution in [3.8, 4) is 21.3 Å². The molecule has 0 amide bonds. The van der Waals surface area contributed by atoms with E-state index in [2.05, 4.69) is 25.4 Å². The summed E-state index contributed by atoms with van der Waals surface area (Å²) in [5.74, 6) is 0.553. The topological polar surface area (TPSA) is 99.6 Å². The van der Waals surface area contributed by atoms with Crippen LogP contribution in [-0.4, -0.2) is 30.1 Å². The van der Waals surface area contributed by atoms with E-state index >= 15 is 0 Å². The second-order valence-electron chi connectivity index (χ2n) is 5.45. The Hall–Kier alpha value is -2.91. The summed E-state index contributed by atoms with van der Waals surface area (Å²) < 4.78 is 6.45. The van der Waals surface area contributed by atoms with Crippen molar-refractivity contribution >= 4 is 22.9 Å². The Bertz CT molecular complexity index is 1140. The minimum absolute atomic E-state index is 0.192. The predicted molar refractivity (Wildman–Crippen MR) is 96.0 cm³/mol. The van der Waals surface area contributed by atoms with Crippen molar-refractivity contribution in [1.29, 1.82) is 0 Å². The smallest absolute Gasteiger partial charge is 0.267 e. The number of aryl methyl sites for hydroxylation is 1. The maximum atomic E-state index is 12.1. The number of rotatable bonds is 4. The molecule has 26 heavy (non-hydrogen) atoms. The highest BCUT2D eigenvalue weighted by Gasteiger charge is 2.13. The maximum Gasteiger partial charge on any atom is 0.267 e. The highest BCUT2D eigenvalue weighted by molar-refractivity contribution is 7.17. The fourth-order valence-corrected chi connectivity index (χ4v) is 3.25. The first-order valence-corrected chi connectivity index (χ1v) is 8.73. The summed E-state index contributed by atoms with van der Waals surface area (Å²) in [5, 5.41) is 18.3. The monoisotopic (exact) mass is 386 g/mol. The van der Waals surface area contributed by atoms with Crippen molar-refractivity contribution in [2.24, 2.45) is 0 Å². The molecule has 4 aromatic rings. The molecular weight excluding hydrogens is 376 g/mol. The second-order valence-corrected chi connectivity index (χ2v) is 6.87. The molecule has 0 N–H and O–H groups in total. The first kappa shape index (κ1) is 16.6. The van der Waals surface area contributed by atoms with Crippen molar-refractivity contribution in [3.05, 3.63) is 63.5 Å². The zero-order valence-corrected chi connectivity index (χ0v) is 15.0. The van der Waals surface area contributed by atoms with Gasteiger partial charge in [-0.1, -0.05) is 28.1 Å². The molecule has 130 valence electrons. The largest absolute Gasteiger partial charge is 0.359 e. The van der Waals surface area contributed by atoms with Gasteiger partial charge >= 0.3 is 0 Å². The summed E-state index contributed by atoms with van der Waals surface area (Å²) in [6.07, 6.45) is 3.21. The summed E-state index contributed by atoms with van der Waals surface area (Å²) in [6.45, 7) is 2.00. The van der Waals surface area contributed by atoms with E-state index in [1.54, 1.807) is 30.6 Å². The lowest BCUT2D eigenvalue weighted by Gasteiger charge is -2.02. The molecule has 0 radical (unpaired) electrons. The van der Waals surface area contributed by atoms with Crippen LogP contribution in [0.3, 0.4) is 0 Å². The average molecular weight is 387 g/mol. The predicted octanol–water partition coefficient (Wildman–Crippen LogP) is 2.82. The molecule has 0 bridgehead atoms. The molecule has 4 rings (SSSR count). The minimum Gasteiger partial charge on any atom is -0.359 e. The zero-order valence-electron chi connectivity index (χ0n) is 13.5. The molecule has 0 unspecified atom stereocenters. The summed E-state index contributed by atoms with van der Waals surface area (Å²) >= 11 is 7.30. The van der Waals surface area contributed by atoms with Gasteiger partial charge < -0.3 is 4.52 Å². The zero-order chi connectivity index (χ0) is 18.1. The van der Waals surface area contributed by atoms with Gasteiger partial charge in [-0.05, 0) is 19.1 Å². The Morgan fingerprint density at radius 2 is 2.04 bits per heavy atom. The van der Waals surface area contributed by atoms with E-state index in [0.717, 1.165) is 11.3 Å². The Kier molecular flexibility index (Phi) is 4.31. The third kappa shape index (κ3) is 3.39. The SMILES string of the molecule is Cc1cc(Cn2nc(-c3nnc(-c4cncc(Cl)c4)s3)ccc2=O)on1. The van der Waals surface area contributed by atoms with Crippen molar-refractivity contribution in [2.75, 3.05) is 0 Å². The fraction of sp³-hybridized carbons (Fsp3) is 0.125. The van der Waals surface area contributed by atoms with Gasteiger partial charge in [-0.2, -0.15) is 5.10 Å². The van der Waals surface area contributed by atoms with E-state index in [1.165, 1.54) is 22.1 Å². The molecule has 0 aliphatic heterocycles. The molecule has 4 aromatic heterocycles. The Morgan fingerprint density at radius 1 is 1.19 bits per heavy atom. The molecule has 4 heterocycles. The molecular formula is C16H11ClN6O2S. The first-order valence-electron chi connectivity index (χ1n) is 7.54. The van der Waals surface area contributed by atoms with Gasteiger partial charge in [0.15, 0.2) is 10.8 Å². The Balaban J connectivity index is 1.66. The molecule has 0 fully saturated rings. The van der Waals surface area contributed by atoms with Crippen molar-refractivity contribution in [3.63, 3.8) is 0 Å². The van der Waals surface area contributed by atoms with E-state index in [-0.39, 0.29) is 12.1 Å². The van der Waals surface area contributed by atoms with Crippen LogP contribution in [0.2, 0.25) is 5.02 Å². The molecule has 0 spiro atoms. The van der Waals surface area contributed by atoms with Gasteiger partial charge in [0.25, 0.3) is 5.56 Å². The Labute approximate surface area is 156 Å². The molecule has 0 aliphatic carbocycles. The molecule has 0 aliphatic rings. The van der Waals surface area contributed by atoms with Crippen LogP contribution in [-0.2, 0) is 6.54 Å². The lowest BCUT2D eigenvalue weighted by Crippen LogP contribution is -2.22. The second kappa shape index (κ2) is 6.77. The van der Waals surface area contributed by atoms with Gasteiger partial charge in [0, 0.05) is 30.1 Å². The number of hydrogen-bond acceptors (Lipinski definition) is 8. The number of aromatic nitrogens is 6. The van der Waals surface area contributed by atoms with Crippen LogP contribution < -0.4 is 5.56 Å². The minimum atomic E-state index is -0.244. The number of nitrogens with zero attached hydrogens (tertiary/aromatic N) is 6. The van der Waals surface area contributed by atoms with Gasteiger partial charge in [-0.3, -0.25) is 9.78 Å². The number of pyridine rings is 1. The molecule has 0 aromatic carbocycles. The average Bonchev–Trinajstić information content (AvgIpc) is 3.26. The Morgan fingerprint density at radius 3 is 2.81 bits per heavy atom. The van der Waals surface area contributed by atoms with Gasteiger partial charge in [0.1, 0.15) is 17.2 Å². The third-order valence-electron chi connectivity index (χ3n) is 3.44. The summed E-state index contributed by atoms with van der Waals surface area (Å²) in [6, 6.07) is 6.58. The van der Waals surface area contributed by atoms with Crippen molar-refractivity contribution in [2.45, 2.75) is 13.5 Å². The lowest BCUT2D eigenvalue weighted by molar-refractivity contribution is 0.365. The first-order chi connectivity index (χ1) is 12.6. The van der Waals surface area contributed by atoms with Crippen LogP contribution in [0.1, 0.15) is 11.5 Å².